The molecule has 5 unspecified atom stereocenters. The highest BCUT2D eigenvalue weighted by Gasteiger charge is 2.65. The van der Waals surface area contributed by atoms with E-state index in [1.54, 1.807) is 27.7 Å². The van der Waals surface area contributed by atoms with Crippen LogP contribution in [0.4, 0.5) is 0 Å². The molecule has 15 nitrogen and oxygen atoms in total. The molecule has 0 spiro atoms. The second-order valence-electron chi connectivity index (χ2n) is 18.0. The predicted molar refractivity (Wildman–Crippen MR) is 196 cm³/mol. The second-order valence-corrected chi connectivity index (χ2v) is 19.8. The van der Waals surface area contributed by atoms with E-state index in [2.05, 4.69) is 6.92 Å². The SMILES string of the molecule is CCC(C)(C)C(=O)OCC(=O)OCC(=O)OC1(C)C2CC3CC(C2)CC1C3.CCC(C)(C)C(=O)OCCOC(=O)CCC(=O)OC1C2CC3C1OS(=O)(=O)C3C2. The first kappa shape index (κ1) is 43.8. The Morgan fingerprint density at radius 3 is 1.79 bits per heavy atom. The van der Waals surface area contributed by atoms with Gasteiger partial charge in [-0.25, -0.2) is 9.59 Å². The summed E-state index contributed by atoms with van der Waals surface area (Å²) in [6.07, 6.45) is 6.77. The maximum absolute atomic E-state index is 12.3. The monoisotopic (exact) mass is 812 g/mol. The largest absolute Gasteiger partial charge is 0.462 e. The second kappa shape index (κ2) is 17.3. The van der Waals surface area contributed by atoms with Crippen LogP contribution in [0.25, 0.3) is 0 Å². The molecular formula is C40H60O15S. The minimum Gasteiger partial charge on any atom is -0.462 e. The van der Waals surface area contributed by atoms with Crippen molar-refractivity contribution in [1.29, 1.82) is 0 Å². The van der Waals surface area contributed by atoms with Gasteiger partial charge >= 0.3 is 35.8 Å². The third kappa shape index (κ3) is 9.87. The van der Waals surface area contributed by atoms with Gasteiger partial charge in [-0.1, -0.05) is 13.8 Å². The molecule has 0 aromatic rings. The zero-order valence-corrected chi connectivity index (χ0v) is 34.7. The number of ether oxygens (including phenoxy) is 6. The molecule has 56 heavy (non-hydrogen) atoms. The highest BCUT2D eigenvalue weighted by Crippen LogP contribution is 2.59. The number of esters is 6. The van der Waals surface area contributed by atoms with Gasteiger partial charge in [0.25, 0.3) is 10.1 Å². The Kier molecular flexibility index (Phi) is 13.5. The predicted octanol–water partition coefficient (Wildman–Crippen LogP) is 4.61. The molecule has 7 rings (SSSR count). The standard InChI is InChI=1S/C21H32O6.C19H28O9S/c1-5-20(2,3)19(24)26-11-17(22)25-12-18(23)27-21(4)15-7-13-6-14(9-15)10-16(21)8-13;1-4-19(2,3)18(22)26-8-7-25-14(20)5-6-15(21)27-16-11-9-12-13(10-11)29(23,24)28-17(12)16/h13-16H,5-12H2,1-4H3;11-13,16-17H,4-10H2,1-3H3. The Hall–Kier alpha value is -3.27. The van der Waals surface area contributed by atoms with Crippen molar-refractivity contribution in [2.45, 2.75) is 142 Å². The van der Waals surface area contributed by atoms with Crippen molar-refractivity contribution in [2.24, 2.45) is 46.3 Å². The minimum atomic E-state index is -3.56. The Labute approximate surface area is 330 Å². The molecule has 0 N–H and O–H groups in total. The average Bonchev–Trinajstić information content (AvgIpc) is 3.77. The van der Waals surface area contributed by atoms with Crippen LogP contribution in [-0.2, 0) is 71.5 Å². The van der Waals surface area contributed by atoms with Gasteiger partial charge in [-0.15, -0.1) is 0 Å². The molecule has 0 aromatic heterocycles. The molecule has 0 amide bonds. The Balaban J connectivity index is 0.000000215. The van der Waals surface area contributed by atoms with Gasteiger partial charge in [0.2, 0.25) is 0 Å². The third-order valence-corrected chi connectivity index (χ3v) is 15.2. The Bertz CT molecular complexity index is 1590. The summed E-state index contributed by atoms with van der Waals surface area (Å²) in [5.74, 6) is -0.927. The van der Waals surface area contributed by atoms with Crippen LogP contribution in [0.15, 0.2) is 0 Å². The lowest BCUT2D eigenvalue weighted by atomic mass is 9.50. The average molecular weight is 813 g/mol. The van der Waals surface area contributed by atoms with Gasteiger partial charge in [0.05, 0.1) is 28.9 Å². The van der Waals surface area contributed by atoms with Crippen LogP contribution in [0.2, 0.25) is 0 Å². The highest BCUT2D eigenvalue weighted by atomic mass is 32.2. The van der Waals surface area contributed by atoms with Crippen LogP contribution in [0.1, 0.15) is 119 Å². The van der Waals surface area contributed by atoms with Crippen LogP contribution in [0.5, 0.6) is 0 Å². The highest BCUT2D eigenvalue weighted by molar-refractivity contribution is 7.87. The lowest BCUT2D eigenvalue weighted by Crippen LogP contribution is -2.58. The van der Waals surface area contributed by atoms with E-state index in [0.29, 0.717) is 37.5 Å². The fourth-order valence-electron chi connectivity index (χ4n) is 9.37. The third-order valence-electron chi connectivity index (χ3n) is 13.4. The number of rotatable bonds is 16. The first-order chi connectivity index (χ1) is 26.2. The molecular weight excluding hydrogens is 752 g/mol. The van der Waals surface area contributed by atoms with Crippen LogP contribution in [0.3, 0.4) is 0 Å². The van der Waals surface area contributed by atoms with E-state index in [1.165, 1.54) is 6.42 Å². The first-order valence-electron chi connectivity index (χ1n) is 20.2. The van der Waals surface area contributed by atoms with Crippen LogP contribution in [-0.4, -0.2) is 93.7 Å². The van der Waals surface area contributed by atoms with Gasteiger partial charge in [0.15, 0.2) is 13.2 Å². The molecule has 16 heteroatoms. The summed E-state index contributed by atoms with van der Waals surface area (Å²) in [7, 11) is -3.56. The van der Waals surface area contributed by atoms with Crippen molar-refractivity contribution >= 4 is 45.9 Å². The van der Waals surface area contributed by atoms with E-state index in [-0.39, 0.29) is 43.9 Å². The fourth-order valence-corrected chi connectivity index (χ4v) is 11.2. The first-order valence-corrected chi connectivity index (χ1v) is 21.6. The number of hydrogen-bond donors (Lipinski definition) is 0. The quantitative estimate of drug-likeness (QED) is 0.0905. The molecule has 316 valence electrons. The summed E-state index contributed by atoms with van der Waals surface area (Å²) in [6, 6.07) is 0. The number of carbonyl (C=O) groups excluding carboxylic acids is 6. The molecule has 7 fully saturated rings. The van der Waals surface area contributed by atoms with E-state index in [0.717, 1.165) is 37.5 Å². The van der Waals surface area contributed by atoms with Crippen molar-refractivity contribution < 1.29 is 69.8 Å². The summed E-state index contributed by atoms with van der Waals surface area (Å²) in [6.45, 7) is 11.8. The van der Waals surface area contributed by atoms with Gasteiger partial charge in [0, 0.05) is 11.8 Å². The van der Waals surface area contributed by atoms with E-state index in [4.69, 9.17) is 32.6 Å². The van der Waals surface area contributed by atoms with E-state index < -0.39 is 87.1 Å². The molecule has 7 aliphatic rings. The van der Waals surface area contributed by atoms with Gasteiger partial charge in [-0.2, -0.15) is 8.42 Å². The van der Waals surface area contributed by atoms with Crippen molar-refractivity contribution in [3.05, 3.63) is 0 Å². The molecule has 0 aromatic carbocycles. The van der Waals surface area contributed by atoms with E-state index in [9.17, 15) is 37.2 Å². The van der Waals surface area contributed by atoms with Gasteiger partial charge in [-0.05, 0) is 116 Å². The van der Waals surface area contributed by atoms with Gasteiger partial charge in [-0.3, -0.25) is 23.4 Å². The van der Waals surface area contributed by atoms with Gasteiger partial charge < -0.3 is 28.4 Å². The zero-order valence-electron chi connectivity index (χ0n) is 33.8. The molecule has 6 aliphatic carbocycles. The zero-order chi connectivity index (χ0) is 41.2. The molecule has 6 bridgehead atoms. The smallest absolute Gasteiger partial charge is 0.344 e. The summed E-state index contributed by atoms with van der Waals surface area (Å²) >= 11 is 0. The molecule has 6 saturated carbocycles. The van der Waals surface area contributed by atoms with Crippen molar-refractivity contribution in [1.82, 2.24) is 0 Å². The van der Waals surface area contributed by atoms with Crippen LogP contribution < -0.4 is 0 Å². The fraction of sp³-hybridized carbons (Fsp3) is 0.850. The molecule has 1 aliphatic heterocycles. The Morgan fingerprint density at radius 1 is 0.661 bits per heavy atom. The normalized spacial score (nSPS) is 32.8. The molecule has 1 saturated heterocycles. The maximum atomic E-state index is 12.3. The number of carbonyl (C=O) groups is 6. The summed E-state index contributed by atoms with van der Waals surface area (Å²) < 4.78 is 60.2. The van der Waals surface area contributed by atoms with Crippen LogP contribution in [0, 0.1) is 46.3 Å². The molecule has 0 radical (unpaired) electrons. The lowest BCUT2D eigenvalue weighted by Gasteiger charge is -2.59. The van der Waals surface area contributed by atoms with E-state index in [1.807, 2.05) is 13.8 Å². The minimum absolute atomic E-state index is 0.00904. The summed E-state index contributed by atoms with van der Waals surface area (Å²) in [5.41, 5.74) is -1.67. The lowest BCUT2D eigenvalue weighted by molar-refractivity contribution is -0.207. The number of hydrogen-bond acceptors (Lipinski definition) is 15. The van der Waals surface area contributed by atoms with Crippen molar-refractivity contribution in [3.8, 4) is 0 Å². The summed E-state index contributed by atoms with van der Waals surface area (Å²) in [4.78, 5) is 71.5. The van der Waals surface area contributed by atoms with E-state index >= 15 is 0 Å². The molecule has 5 atom stereocenters. The van der Waals surface area contributed by atoms with Gasteiger partial charge in [0.1, 0.15) is 31.0 Å². The molecule has 1 heterocycles. The van der Waals surface area contributed by atoms with Crippen molar-refractivity contribution in [3.63, 3.8) is 0 Å². The number of fused-ring (bicyclic) bond motifs is 1. The topological polar surface area (TPSA) is 201 Å². The maximum Gasteiger partial charge on any atom is 0.344 e. The van der Waals surface area contributed by atoms with Crippen molar-refractivity contribution in [2.75, 3.05) is 26.4 Å². The Morgan fingerprint density at radius 2 is 1.20 bits per heavy atom. The van der Waals surface area contributed by atoms with Crippen LogP contribution >= 0.6 is 0 Å². The summed E-state index contributed by atoms with van der Waals surface area (Å²) in [5, 5.41) is -0.473.